The number of ether oxygens (including phenoxy) is 1. The maximum atomic E-state index is 12.9. The van der Waals surface area contributed by atoms with Gasteiger partial charge >= 0.3 is 0 Å². The van der Waals surface area contributed by atoms with Gasteiger partial charge < -0.3 is 9.64 Å². The van der Waals surface area contributed by atoms with Gasteiger partial charge in [0.15, 0.2) is 0 Å². The molecular formula is C18H26N2O4S. The van der Waals surface area contributed by atoms with Crippen molar-refractivity contribution >= 4 is 15.9 Å². The topological polar surface area (TPSA) is 66.9 Å². The van der Waals surface area contributed by atoms with Crippen molar-refractivity contribution in [2.24, 2.45) is 11.8 Å². The lowest BCUT2D eigenvalue weighted by atomic mass is 9.94. The molecule has 0 aromatic heterocycles. The Labute approximate surface area is 149 Å². The van der Waals surface area contributed by atoms with Crippen LogP contribution in [0.2, 0.25) is 0 Å². The molecule has 7 heteroatoms. The second kappa shape index (κ2) is 7.43. The molecule has 2 aliphatic heterocycles. The van der Waals surface area contributed by atoms with Crippen molar-refractivity contribution in [2.45, 2.75) is 25.2 Å². The van der Waals surface area contributed by atoms with Gasteiger partial charge in [-0.3, -0.25) is 4.79 Å². The highest BCUT2D eigenvalue weighted by Gasteiger charge is 2.31. The van der Waals surface area contributed by atoms with Crippen LogP contribution in [0, 0.1) is 11.8 Å². The van der Waals surface area contributed by atoms with Gasteiger partial charge in [0, 0.05) is 31.7 Å². The molecule has 2 saturated heterocycles. The number of carbonyl (C=O) groups excluding carboxylic acids is 1. The Morgan fingerprint density at radius 3 is 2.16 bits per heavy atom. The average molecular weight is 366 g/mol. The summed E-state index contributed by atoms with van der Waals surface area (Å²) >= 11 is 0. The highest BCUT2D eigenvalue weighted by Crippen LogP contribution is 2.26. The number of morpholine rings is 1. The second-order valence-electron chi connectivity index (χ2n) is 7.20. The van der Waals surface area contributed by atoms with Crippen LogP contribution in [0.4, 0.5) is 0 Å². The first-order valence-electron chi connectivity index (χ1n) is 8.85. The summed E-state index contributed by atoms with van der Waals surface area (Å²) in [4.78, 5) is 14.5. The van der Waals surface area contributed by atoms with Crippen molar-refractivity contribution in [1.29, 1.82) is 0 Å². The van der Waals surface area contributed by atoms with E-state index >= 15 is 0 Å². The standard InChI is InChI=1S/C18H26N2O4S/c1-14-11-15(2)13-20(12-14)25(22,23)17-5-3-16(4-6-17)18(21)19-7-9-24-10-8-19/h3-6,14-15H,7-13H2,1-2H3/t14-,15-/m1/s1. The van der Waals surface area contributed by atoms with E-state index in [0.29, 0.717) is 56.8 Å². The number of hydrogen-bond acceptors (Lipinski definition) is 4. The number of hydrogen-bond donors (Lipinski definition) is 0. The first-order chi connectivity index (χ1) is 11.9. The third kappa shape index (κ3) is 4.04. The molecule has 0 bridgehead atoms. The van der Waals surface area contributed by atoms with E-state index < -0.39 is 10.0 Å². The molecule has 1 aromatic carbocycles. The van der Waals surface area contributed by atoms with Gasteiger partial charge in [-0.25, -0.2) is 8.42 Å². The lowest BCUT2D eigenvalue weighted by Gasteiger charge is -2.34. The second-order valence-corrected chi connectivity index (χ2v) is 9.13. The van der Waals surface area contributed by atoms with E-state index in [4.69, 9.17) is 4.74 Å². The summed E-state index contributed by atoms with van der Waals surface area (Å²) in [6.45, 7) is 7.52. The fourth-order valence-electron chi connectivity index (χ4n) is 3.67. The minimum atomic E-state index is -3.51. The highest BCUT2D eigenvalue weighted by atomic mass is 32.2. The summed E-state index contributed by atoms with van der Waals surface area (Å²) in [6, 6.07) is 6.32. The first kappa shape index (κ1) is 18.4. The molecule has 3 rings (SSSR count). The van der Waals surface area contributed by atoms with Gasteiger partial charge in [-0.05, 0) is 42.5 Å². The van der Waals surface area contributed by atoms with Crippen LogP contribution in [0.15, 0.2) is 29.2 Å². The molecule has 138 valence electrons. The van der Waals surface area contributed by atoms with E-state index in [1.54, 1.807) is 33.5 Å². The van der Waals surface area contributed by atoms with E-state index in [9.17, 15) is 13.2 Å². The Bertz CT molecular complexity index is 701. The monoisotopic (exact) mass is 366 g/mol. The summed E-state index contributed by atoms with van der Waals surface area (Å²) in [7, 11) is -3.51. The van der Waals surface area contributed by atoms with Crippen molar-refractivity contribution in [2.75, 3.05) is 39.4 Å². The average Bonchev–Trinajstić information content (AvgIpc) is 2.61. The van der Waals surface area contributed by atoms with E-state index in [1.807, 2.05) is 0 Å². The van der Waals surface area contributed by atoms with Crippen LogP contribution in [0.3, 0.4) is 0 Å². The lowest BCUT2D eigenvalue weighted by Crippen LogP contribution is -2.42. The maximum Gasteiger partial charge on any atom is 0.254 e. The Balaban J connectivity index is 1.75. The Hall–Kier alpha value is -1.44. The van der Waals surface area contributed by atoms with Crippen molar-refractivity contribution in [3.05, 3.63) is 29.8 Å². The predicted molar refractivity (Wildman–Crippen MR) is 94.9 cm³/mol. The van der Waals surface area contributed by atoms with Gasteiger partial charge in [0.05, 0.1) is 18.1 Å². The van der Waals surface area contributed by atoms with Crippen molar-refractivity contribution < 1.29 is 17.9 Å². The summed E-state index contributed by atoms with van der Waals surface area (Å²) < 4.78 is 32.6. The fourth-order valence-corrected chi connectivity index (χ4v) is 5.35. The van der Waals surface area contributed by atoms with Gasteiger partial charge in [0.2, 0.25) is 10.0 Å². The molecule has 6 nitrogen and oxygen atoms in total. The molecule has 0 radical (unpaired) electrons. The molecule has 25 heavy (non-hydrogen) atoms. The molecule has 2 atom stereocenters. The summed E-state index contributed by atoms with van der Waals surface area (Å²) in [5, 5.41) is 0. The normalized spacial score (nSPS) is 25.8. The van der Waals surface area contributed by atoms with Crippen LogP contribution < -0.4 is 0 Å². The number of amides is 1. The largest absolute Gasteiger partial charge is 0.378 e. The highest BCUT2D eigenvalue weighted by molar-refractivity contribution is 7.89. The minimum Gasteiger partial charge on any atom is -0.378 e. The zero-order valence-electron chi connectivity index (χ0n) is 14.8. The molecule has 2 heterocycles. The zero-order valence-corrected chi connectivity index (χ0v) is 15.7. The SMILES string of the molecule is C[C@@H]1C[C@@H](C)CN(S(=O)(=O)c2ccc(C(=O)N3CCOCC3)cc2)C1. The molecule has 2 aliphatic rings. The van der Waals surface area contributed by atoms with Crippen LogP contribution in [-0.2, 0) is 14.8 Å². The van der Waals surface area contributed by atoms with Gasteiger partial charge in [-0.2, -0.15) is 4.31 Å². The summed E-state index contributed by atoms with van der Waals surface area (Å²) in [5.74, 6) is 0.647. The molecule has 0 spiro atoms. The molecule has 0 aliphatic carbocycles. The van der Waals surface area contributed by atoms with Crippen molar-refractivity contribution in [1.82, 2.24) is 9.21 Å². The Kier molecular flexibility index (Phi) is 5.46. The fraction of sp³-hybridized carbons (Fsp3) is 0.611. The van der Waals surface area contributed by atoms with Crippen LogP contribution in [0.1, 0.15) is 30.6 Å². The van der Waals surface area contributed by atoms with Gasteiger partial charge in [-0.1, -0.05) is 13.8 Å². The predicted octanol–water partition coefficient (Wildman–Crippen LogP) is 1.83. The third-order valence-corrected chi connectivity index (χ3v) is 6.72. The molecule has 1 amide bonds. The number of carbonyl (C=O) groups is 1. The number of sulfonamides is 1. The molecule has 2 fully saturated rings. The Morgan fingerprint density at radius 2 is 1.60 bits per heavy atom. The third-order valence-electron chi connectivity index (χ3n) is 4.87. The summed E-state index contributed by atoms with van der Waals surface area (Å²) in [5.41, 5.74) is 0.515. The van der Waals surface area contributed by atoms with Gasteiger partial charge in [0.1, 0.15) is 0 Å². The molecular weight excluding hydrogens is 340 g/mol. The van der Waals surface area contributed by atoms with E-state index in [1.165, 1.54) is 0 Å². The smallest absolute Gasteiger partial charge is 0.254 e. The lowest BCUT2D eigenvalue weighted by molar-refractivity contribution is 0.0303. The maximum absolute atomic E-state index is 12.9. The van der Waals surface area contributed by atoms with Crippen LogP contribution >= 0.6 is 0 Å². The minimum absolute atomic E-state index is 0.0764. The zero-order chi connectivity index (χ0) is 18.0. The number of benzene rings is 1. The van der Waals surface area contributed by atoms with Crippen molar-refractivity contribution in [3.63, 3.8) is 0 Å². The van der Waals surface area contributed by atoms with E-state index in [2.05, 4.69) is 13.8 Å². The quantitative estimate of drug-likeness (QED) is 0.818. The van der Waals surface area contributed by atoms with Gasteiger partial charge in [0.25, 0.3) is 5.91 Å². The van der Waals surface area contributed by atoms with Crippen molar-refractivity contribution in [3.8, 4) is 0 Å². The molecule has 0 unspecified atom stereocenters. The summed E-state index contributed by atoms with van der Waals surface area (Å²) in [6.07, 6.45) is 1.05. The molecule has 0 saturated carbocycles. The van der Waals surface area contributed by atoms with E-state index in [0.717, 1.165) is 6.42 Å². The van der Waals surface area contributed by atoms with E-state index in [-0.39, 0.29) is 10.8 Å². The Morgan fingerprint density at radius 1 is 1.04 bits per heavy atom. The molecule has 1 aromatic rings. The van der Waals surface area contributed by atoms with Crippen LogP contribution in [-0.4, -0.2) is 62.9 Å². The van der Waals surface area contributed by atoms with Crippen LogP contribution in [0.5, 0.6) is 0 Å². The number of rotatable bonds is 3. The molecule has 0 N–H and O–H groups in total. The van der Waals surface area contributed by atoms with Gasteiger partial charge in [-0.15, -0.1) is 0 Å². The number of piperidine rings is 1. The first-order valence-corrected chi connectivity index (χ1v) is 10.3. The van der Waals surface area contributed by atoms with Crippen LogP contribution in [0.25, 0.3) is 0 Å². The number of nitrogens with zero attached hydrogens (tertiary/aromatic N) is 2.